The Hall–Kier alpha value is -2.80. The van der Waals surface area contributed by atoms with E-state index in [4.69, 9.17) is 0 Å². The Morgan fingerprint density at radius 2 is 1.86 bits per heavy atom. The molecule has 5 nitrogen and oxygen atoms in total. The van der Waals surface area contributed by atoms with Crippen LogP contribution in [0.2, 0.25) is 0 Å². The molecular formula is C21H23F2N3O2. The summed E-state index contributed by atoms with van der Waals surface area (Å²) < 4.78 is 26.8. The van der Waals surface area contributed by atoms with Gasteiger partial charge in [0.15, 0.2) is 0 Å². The maximum atomic E-state index is 13.8. The molecular weight excluding hydrogens is 364 g/mol. The monoisotopic (exact) mass is 387 g/mol. The molecule has 0 unspecified atom stereocenters. The Bertz CT molecular complexity index is 845. The van der Waals surface area contributed by atoms with E-state index < -0.39 is 23.6 Å². The highest BCUT2D eigenvalue weighted by atomic mass is 19.1. The first kappa shape index (κ1) is 19.9. The zero-order chi connectivity index (χ0) is 20.1. The van der Waals surface area contributed by atoms with Crippen LogP contribution in [-0.2, 0) is 9.59 Å². The van der Waals surface area contributed by atoms with Gasteiger partial charge >= 0.3 is 0 Å². The lowest BCUT2D eigenvalue weighted by Crippen LogP contribution is -2.49. The van der Waals surface area contributed by atoms with Crippen molar-refractivity contribution in [1.29, 1.82) is 0 Å². The summed E-state index contributed by atoms with van der Waals surface area (Å²) in [7, 11) is 0. The normalized spacial score (nSPS) is 18.3. The summed E-state index contributed by atoms with van der Waals surface area (Å²) in [6.45, 7) is 2.84. The number of hydrogen-bond acceptors (Lipinski definition) is 3. The van der Waals surface area contributed by atoms with Gasteiger partial charge in [-0.3, -0.25) is 14.5 Å². The van der Waals surface area contributed by atoms with E-state index in [1.807, 2.05) is 35.2 Å². The van der Waals surface area contributed by atoms with E-state index in [0.29, 0.717) is 13.1 Å². The summed E-state index contributed by atoms with van der Waals surface area (Å²) in [6.07, 6.45) is 1.53. The molecule has 1 heterocycles. The van der Waals surface area contributed by atoms with Crippen molar-refractivity contribution in [1.82, 2.24) is 4.90 Å². The van der Waals surface area contributed by atoms with E-state index in [9.17, 15) is 18.4 Å². The van der Waals surface area contributed by atoms with Crippen LogP contribution in [0.5, 0.6) is 0 Å². The molecule has 2 aromatic rings. The van der Waals surface area contributed by atoms with Crippen LogP contribution in [0.1, 0.15) is 19.8 Å². The quantitative estimate of drug-likeness (QED) is 0.823. The Morgan fingerprint density at radius 1 is 1.11 bits per heavy atom. The lowest BCUT2D eigenvalue weighted by molar-refractivity contribution is -0.125. The molecule has 2 N–H and O–H groups in total. The van der Waals surface area contributed by atoms with Gasteiger partial charge in [0.05, 0.1) is 17.6 Å². The molecule has 0 spiro atoms. The number of likely N-dealkylation sites (tertiary alicyclic amines) is 1. The molecule has 0 saturated carbocycles. The first-order valence-electron chi connectivity index (χ1n) is 9.30. The smallest absolute Gasteiger partial charge is 0.241 e. The number of hydrogen-bond donors (Lipinski definition) is 2. The summed E-state index contributed by atoms with van der Waals surface area (Å²) in [5.41, 5.74) is 0.677. The molecule has 0 aliphatic carbocycles. The summed E-state index contributed by atoms with van der Waals surface area (Å²) in [5.74, 6) is -2.22. The van der Waals surface area contributed by atoms with E-state index in [2.05, 4.69) is 10.6 Å². The van der Waals surface area contributed by atoms with Crippen molar-refractivity contribution < 1.29 is 18.4 Å². The first-order valence-corrected chi connectivity index (χ1v) is 9.30. The van der Waals surface area contributed by atoms with Crippen LogP contribution in [0.15, 0.2) is 48.5 Å². The van der Waals surface area contributed by atoms with E-state index >= 15 is 0 Å². The molecule has 7 heteroatoms. The number of para-hydroxylation sites is 1. The molecule has 3 rings (SSSR count). The average Bonchev–Trinajstić information content (AvgIpc) is 2.70. The number of rotatable bonds is 5. The molecule has 1 aliphatic heterocycles. The van der Waals surface area contributed by atoms with E-state index in [0.717, 1.165) is 30.7 Å². The van der Waals surface area contributed by atoms with Gasteiger partial charge in [-0.25, -0.2) is 8.78 Å². The number of piperidine rings is 1. The standard InChI is InChI=1S/C21H23F2N3O2/c1-14(20(27)25-19-10-9-16(22)12-18(19)23)26-11-5-6-15(13-26)21(28)24-17-7-3-2-4-8-17/h2-4,7-10,12,14-15H,5-6,11,13H2,1H3,(H,24,28)(H,25,27)/t14-,15+/m1/s1. The minimum atomic E-state index is -0.820. The first-order chi connectivity index (χ1) is 13.4. The number of halogens is 2. The Labute approximate surface area is 162 Å². The second-order valence-corrected chi connectivity index (χ2v) is 6.98. The highest BCUT2D eigenvalue weighted by Gasteiger charge is 2.31. The van der Waals surface area contributed by atoms with Crippen LogP contribution in [0.25, 0.3) is 0 Å². The maximum Gasteiger partial charge on any atom is 0.241 e. The summed E-state index contributed by atoms with van der Waals surface area (Å²) in [6, 6.07) is 11.7. The van der Waals surface area contributed by atoms with E-state index in [1.54, 1.807) is 6.92 Å². The molecule has 148 valence electrons. The summed E-state index contributed by atoms with van der Waals surface area (Å²) >= 11 is 0. The van der Waals surface area contributed by atoms with Crippen molar-refractivity contribution in [3.8, 4) is 0 Å². The molecule has 2 aromatic carbocycles. The third-order valence-electron chi connectivity index (χ3n) is 4.98. The molecule has 0 bridgehead atoms. The highest BCUT2D eigenvalue weighted by molar-refractivity contribution is 5.95. The van der Waals surface area contributed by atoms with Gasteiger partial charge < -0.3 is 10.6 Å². The van der Waals surface area contributed by atoms with Crippen molar-refractivity contribution in [2.45, 2.75) is 25.8 Å². The molecule has 1 fully saturated rings. The van der Waals surface area contributed by atoms with Gasteiger partial charge in [-0.1, -0.05) is 18.2 Å². The van der Waals surface area contributed by atoms with Gasteiger partial charge in [0.2, 0.25) is 11.8 Å². The molecule has 2 amide bonds. The summed E-state index contributed by atoms with van der Waals surface area (Å²) in [5, 5.41) is 5.40. The van der Waals surface area contributed by atoms with Crippen molar-refractivity contribution in [2.75, 3.05) is 23.7 Å². The number of anilines is 2. The van der Waals surface area contributed by atoms with E-state index in [-0.39, 0.29) is 17.5 Å². The second-order valence-electron chi connectivity index (χ2n) is 6.98. The van der Waals surface area contributed by atoms with Gasteiger partial charge in [-0.05, 0) is 50.6 Å². The third kappa shape index (κ3) is 4.92. The van der Waals surface area contributed by atoms with Crippen molar-refractivity contribution in [3.05, 3.63) is 60.2 Å². The SMILES string of the molecule is C[C@H](C(=O)Nc1ccc(F)cc1F)N1CCC[C@H](C(=O)Nc2ccccc2)C1. The molecule has 1 saturated heterocycles. The van der Waals surface area contributed by atoms with Gasteiger partial charge in [-0.15, -0.1) is 0 Å². The lowest BCUT2D eigenvalue weighted by Gasteiger charge is -2.35. The number of carbonyl (C=O) groups is 2. The van der Waals surface area contributed by atoms with Gasteiger partial charge in [0, 0.05) is 18.3 Å². The Balaban J connectivity index is 1.59. The van der Waals surface area contributed by atoms with Crippen LogP contribution < -0.4 is 10.6 Å². The predicted octanol–water partition coefficient (Wildman–Crippen LogP) is 3.64. The lowest BCUT2D eigenvalue weighted by atomic mass is 9.95. The summed E-state index contributed by atoms with van der Waals surface area (Å²) in [4.78, 5) is 27.0. The van der Waals surface area contributed by atoms with Crippen molar-refractivity contribution in [3.63, 3.8) is 0 Å². The fourth-order valence-corrected chi connectivity index (χ4v) is 3.33. The molecule has 0 aromatic heterocycles. The van der Waals surface area contributed by atoms with Crippen molar-refractivity contribution >= 4 is 23.2 Å². The van der Waals surface area contributed by atoms with Crippen LogP contribution >= 0.6 is 0 Å². The number of amides is 2. The van der Waals surface area contributed by atoms with Gasteiger partial charge in [-0.2, -0.15) is 0 Å². The zero-order valence-electron chi connectivity index (χ0n) is 15.6. The van der Waals surface area contributed by atoms with Crippen LogP contribution in [0.3, 0.4) is 0 Å². The van der Waals surface area contributed by atoms with Crippen LogP contribution in [-0.4, -0.2) is 35.8 Å². The molecule has 0 radical (unpaired) electrons. The number of nitrogens with zero attached hydrogens (tertiary/aromatic N) is 1. The molecule has 2 atom stereocenters. The van der Waals surface area contributed by atoms with E-state index in [1.165, 1.54) is 6.07 Å². The fraction of sp³-hybridized carbons (Fsp3) is 0.333. The zero-order valence-corrected chi connectivity index (χ0v) is 15.6. The largest absolute Gasteiger partial charge is 0.326 e. The minimum absolute atomic E-state index is 0.0615. The Kier molecular flexibility index (Phi) is 6.36. The van der Waals surface area contributed by atoms with Crippen LogP contribution in [0.4, 0.5) is 20.2 Å². The van der Waals surface area contributed by atoms with Crippen molar-refractivity contribution in [2.24, 2.45) is 5.92 Å². The van der Waals surface area contributed by atoms with Crippen LogP contribution in [0, 0.1) is 17.6 Å². The highest BCUT2D eigenvalue weighted by Crippen LogP contribution is 2.22. The van der Waals surface area contributed by atoms with Gasteiger partial charge in [0.25, 0.3) is 0 Å². The van der Waals surface area contributed by atoms with Gasteiger partial charge in [0.1, 0.15) is 11.6 Å². The number of nitrogens with one attached hydrogen (secondary N) is 2. The Morgan fingerprint density at radius 3 is 2.57 bits per heavy atom. The number of benzene rings is 2. The topological polar surface area (TPSA) is 61.4 Å². The number of carbonyl (C=O) groups excluding carboxylic acids is 2. The average molecular weight is 387 g/mol. The third-order valence-corrected chi connectivity index (χ3v) is 4.98. The predicted molar refractivity (Wildman–Crippen MR) is 104 cm³/mol. The molecule has 28 heavy (non-hydrogen) atoms. The second kappa shape index (κ2) is 8.93. The fourth-order valence-electron chi connectivity index (χ4n) is 3.33. The maximum absolute atomic E-state index is 13.8. The minimum Gasteiger partial charge on any atom is -0.326 e. The molecule has 1 aliphatic rings.